The van der Waals surface area contributed by atoms with Gasteiger partial charge in [0.25, 0.3) is 0 Å². The van der Waals surface area contributed by atoms with Gasteiger partial charge in [0.2, 0.25) is 0 Å². The second kappa shape index (κ2) is 30.2. The maximum Gasteiger partial charge on any atom is 0.320 e. The largest absolute Gasteiger partial charge is 0.320 e. The van der Waals surface area contributed by atoms with Crippen LogP contribution in [-0.2, 0) is 9.59 Å². The topological polar surface area (TPSA) is 34.1 Å². The third kappa shape index (κ3) is 26.2. The fourth-order valence-electron chi connectivity index (χ4n) is 5.39. The predicted molar refractivity (Wildman–Crippen MR) is 181 cm³/mol. The molecule has 0 heterocycles. The molecule has 0 rings (SSSR count). The summed E-state index contributed by atoms with van der Waals surface area (Å²) in [6.07, 6.45) is 43.1. The van der Waals surface area contributed by atoms with Crippen LogP contribution in [0.25, 0.3) is 0 Å². The molecule has 0 saturated heterocycles. The molecule has 0 N–H and O–H groups in total. The Morgan fingerprint density at radius 1 is 0.390 bits per heavy atom. The quantitative estimate of drug-likeness (QED) is 0.0485. The fraction of sp³-hybridized carbons (Fsp3) is 0.842. The van der Waals surface area contributed by atoms with E-state index < -0.39 is 0 Å². The Morgan fingerprint density at radius 3 is 0.927 bits per heavy atom. The van der Waals surface area contributed by atoms with Crippen LogP contribution in [0, 0.1) is 0 Å². The summed E-state index contributed by atoms with van der Waals surface area (Å²) in [6.45, 7) is 4.54. The molecule has 3 nitrogen and oxygen atoms in total. The zero-order valence-electron chi connectivity index (χ0n) is 28.4. The van der Waals surface area contributed by atoms with E-state index in [1.807, 2.05) is 0 Å². The Balaban J connectivity index is 3.65. The van der Waals surface area contributed by atoms with Crippen LogP contribution in [0.5, 0.6) is 0 Å². The minimum atomic E-state index is -0.0766. The van der Waals surface area contributed by atoms with Gasteiger partial charge in [-0.15, -0.1) is 0 Å². The molecular weight excluding hydrogens is 502 g/mol. The molecule has 0 aliphatic carbocycles. The van der Waals surface area contributed by atoms with Crippen molar-refractivity contribution >= 4 is 11.8 Å². The highest BCUT2D eigenvalue weighted by molar-refractivity contribution is 5.84. The molecule has 240 valence electrons. The number of carbonyl (C=O) groups excluding carboxylic acids is 2. The number of unbranched alkanes of at least 4 members (excludes halogenated alkanes) is 22. The van der Waals surface area contributed by atoms with E-state index in [4.69, 9.17) is 0 Å². The third-order valence-electron chi connectivity index (χ3n) is 8.55. The van der Waals surface area contributed by atoms with Gasteiger partial charge in [0.05, 0.1) is 26.9 Å². The second-order valence-electron chi connectivity index (χ2n) is 12.9. The van der Waals surface area contributed by atoms with Gasteiger partial charge in [0.15, 0.2) is 0 Å². The molecule has 0 saturated carbocycles. The van der Waals surface area contributed by atoms with Crippen LogP contribution in [0.15, 0.2) is 24.3 Å². The lowest BCUT2D eigenvalue weighted by molar-refractivity contribution is -0.736. The van der Waals surface area contributed by atoms with Crippen LogP contribution >= 0.6 is 0 Å². The summed E-state index contributed by atoms with van der Waals surface area (Å²) < 4.78 is -0.0766. The van der Waals surface area contributed by atoms with Gasteiger partial charge in [-0.3, -0.25) is 0 Å². The van der Waals surface area contributed by atoms with Crippen LogP contribution in [0.2, 0.25) is 0 Å². The molecule has 0 aliphatic rings. The van der Waals surface area contributed by atoms with E-state index in [2.05, 4.69) is 38.2 Å². The molecular formula is C38H72NO2+. The number of rotatable bonds is 30. The van der Waals surface area contributed by atoms with Gasteiger partial charge in [-0.05, 0) is 64.2 Å². The number of hydrogen-bond acceptors (Lipinski definition) is 2. The SMILES string of the molecule is CCCCCCCCC=CCCCCCCCC(=O)[N+](C)(C)C(=O)CCCCCCCC=CCCCCCCCC. The Hall–Kier alpha value is -1.22. The van der Waals surface area contributed by atoms with Crippen LogP contribution in [0.1, 0.15) is 194 Å². The van der Waals surface area contributed by atoms with Gasteiger partial charge in [-0.1, -0.05) is 141 Å². The number of quaternary nitrogens is 1. The molecule has 2 amide bonds. The Morgan fingerprint density at radius 2 is 0.634 bits per heavy atom. The number of hydrogen-bond donors (Lipinski definition) is 0. The third-order valence-corrected chi connectivity index (χ3v) is 8.55. The van der Waals surface area contributed by atoms with Crippen LogP contribution < -0.4 is 0 Å². The van der Waals surface area contributed by atoms with Crippen LogP contribution in [0.3, 0.4) is 0 Å². The summed E-state index contributed by atoms with van der Waals surface area (Å²) in [5.41, 5.74) is 0. The van der Waals surface area contributed by atoms with Crippen molar-refractivity contribution in [1.29, 1.82) is 0 Å². The zero-order chi connectivity index (χ0) is 30.3. The number of allylic oxidation sites excluding steroid dienone is 4. The van der Waals surface area contributed by atoms with Crippen LogP contribution in [0.4, 0.5) is 0 Å². The highest BCUT2D eigenvalue weighted by Gasteiger charge is 2.33. The van der Waals surface area contributed by atoms with E-state index in [-0.39, 0.29) is 16.3 Å². The van der Waals surface area contributed by atoms with E-state index in [0.29, 0.717) is 12.8 Å². The van der Waals surface area contributed by atoms with Gasteiger partial charge < -0.3 is 0 Å². The summed E-state index contributed by atoms with van der Waals surface area (Å²) >= 11 is 0. The normalized spacial score (nSPS) is 12.2. The lowest BCUT2D eigenvalue weighted by Gasteiger charge is -2.24. The average molecular weight is 575 g/mol. The van der Waals surface area contributed by atoms with Gasteiger partial charge in [0, 0.05) is 0 Å². The van der Waals surface area contributed by atoms with Crippen molar-refractivity contribution in [3.63, 3.8) is 0 Å². The first-order valence-corrected chi connectivity index (χ1v) is 18.2. The molecule has 0 spiro atoms. The molecule has 0 unspecified atom stereocenters. The lowest BCUT2D eigenvalue weighted by Crippen LogP contribution is -2.50. The van der Waals surface area contributed by atoms with Gasteiger partial charge in [0.1, 0.15) is 0 Å². The van der Waals surface area contributed by atoms with Gasteiger partial charge >= 0.3 is 11.8 Å². The maximum absolute atomic E-state index is 12.7. The van der Waals surface area contributed by atoms with E-state index in [1.165, 1.54) is 141 Å². The summed E-state index contributed by atoms with van der Waals surface area (Å²) in [6, 6.07) is 0. The standard InChI is InChI=1S/C38H72NO2/c1-5-7-9-11-13-15-17-19-21-23-25-27-29-31-33-35-37(40)39(3,4)38(41)36-34-32-30-28-26-24-22-20-18-16-14-12-10-8-6-2/h19-22H,5-18,23-36H2,1-4H3/q+1. The highest BCUT2D eigenvalue weighted by atomic mass is 16.2. The number of imide groups is 1. The summed E-state index contributed by atoms with van der Waals surface area (Å²) in [4.78, 5) is 25.5. The molecule has 0 bridgehead atoms. The first-order valence-electron chi connectivity index (χ1n) is 18.2. The fourth-order valence-corrected chi connectivity index (χ4v) is 5.39. The molecule has 41 heavy (non-hydrogen) atoms. The van der Waals surface area contributed by atoms with Crippen molar-refractivity contribution in [2.24, 2.45) is 0 Å². The first kappa shape index (κ1) is 39.8. The molecule has 0 radical (unpaired) electrons. The van der Waals surface area contributed by atoms with Gasteiger partial charge in [-0.25, -0.2) is 14.1 Å². The molecule has 0 aromatic rings. The number of nitrogens with zero attached hydrogens (tertiary/aromatic N) is 1. The van der Waals surface area contributed by atoms with Crippen molar-refractivity contribution in [2.45, 2.75) is 194 Å². The number of carbonyl (C=O) groups is 2. The predicted octanol–water partition coefficient (Wildman–Crippen LogP) is 12.2. The van der Waals surface area contributed by atoms with E-state index >= 15 is 0 Å². The van der Waals surface area contributed by atoms with Crippen molar-refractivity contribution in [3.05, 3.63) is 24.3 Å². The summed E-state index contributed by atoms with van der Waals surface area (Å²) in [5, 5.41) is 0. The smallest absolute Gasteiger partial charge is 0.230 e. The van der Waals surface area contributed by atoms with Crippen molar-refractivity contribution in [1.82, 2.24) is 0 Å². The Bertz CT molecular complexity index is 595. The minimum Gasteiger partial charge on any atom is -0.230 e. The maximum atomic E-state index is 12.7. The first-order chi connectivity index (χ1) is 20.0. The van der Waals surface area contributed by atoms with E-state index in [9.17, 15) is 9.59 Å². The Labute approximate surface area is 257 Å². The van der Waals surface area contributed by atoms with Crippen molar-refractivity contribution in [2.75, 3.05) is 14.1 Å². The monoisotopic (exact) mass is 575 g/mol. The average Bonchev–Trinajstić information content (AvgIpc) is 2.96. The molecule has 3 heteroatoms. The van der Waals surface area contributed by atoms with Crippen LogP contribution in [-0.4, -0.2) is 30.4 Å². The molecule has 0 aromatic heterocycles. The van der Waals surface area contributed by atoms with E-state index in [0.717, 1.165) is 25.7 Å². The number of amides is 2. The molecule has 0 aromatic carbocycles. The summed E-state index contributed by atoms with van der Waals surface area (Å²) in [5.74, 6) is 0.167. The summed E-state index contributed by atoms with van der Waals surface area (Å²) in [7, 11) is 3.58. The zero-order valence-corrected chi connectivity index (χ0v) is 28.4. The molecule has 0 fully saturated rings. The minimum absolute atomic E-state index is 0.0766. The molecule has 0 aliphatic heterocycles. The second-order valence-corrected chi connectivity index (χ2v) is 12.9. The van der Waals surface area contributed by atoms with Crippen molar-refractivity contribution < 1.29 is 14.1 Å². The lowest BCUT2D eigenvalue weighted by atomic mass is 10.1. The van der Waals surface area contributed by atoms with E-state index in [1.54, 1.807) is 14.1 Å². The van der Waals surface area contributed by atoms with Crippen molar-refractivity contribution in [3.8, 4) is 0 Å². The molecule has 0 atom stereocenters. The Kier molecular flexibility index (Phi) is 29.3. The van der Waals surface area contributed by atoms with Gasteiger partial charge in [-0.2, -0.15) is 0 Å². The highest BCUT2D eigenvalue weighted by Crippen LogP contribution is 2.15.